The Morgan fingerprint density at radius 3 is 2.21 bits per heavy atom. The molecule has 2 atom stereocenters. The van der Waals surface area contributed by atoms with Crippen LogP contribution in [0, 0.1) is 5.92 Å². The Hall–Kier alpha value is -4.51. The molecule has 1 aromatic heterocycles. The lowest BCUT2D eigenvalue weighted by atomic mass is 9.96. The van der Waals surface area contributed by atoms with Crippen molar-refractivity contribution < 1.29 is 19.2 Å². The van der Waals surface area contributed by atoms with Gasteiger partial charge in [-0.05, 0) is 55.0 Å². The summed E-state index contributed by atoms with van der Waals surface area (Å²) in [5, 5.41) is 13.1. The fourth-order valence-corrected chi connectivity index (χ4v) is 6.55. The smallest absolute Gasteiger partial charge is 0.270 e. The maximum atomic E-state index is 13.6. The van der Waals surface area contributed by atoms with Gasteiger partial charge in [-0.15, -0.1) is 0 Å². The number of benzene rings is 2. The Morgan fingerprint density at radius 1 is 0.851 bits per heavy atom. The first-order valence-corrected chi connectivity index (χ1v) is 16.9. The fourth-order valence-electron chi connectivity index (χ4n) is 6.55. The highest BCUT2D eigenvalue weighted by Gasteiger charge is 2.33. The van der Waals surface area contributed by atoms with Crippen molar-refractivity contribution in [3.63, 3.8) is 0 Å². The standard InChI is InChI=1S/C36H47N7O4/c1-3-32(44)39-30(36(47)42-22-20-41(21-23-42)25-27-10-6-5-7-11-27)24-26-14-16-29(17-15-26)38-35(46)33(28-12-8-9-13-28)40-34(45)31-18-19-37-43(31)4-2/h5-7,10-11,14-19,28,30,33H,3-4,8-9,12-13,20-25H2,1-2H3,(H,38,46)(H,39,44)(H,40,45)/t30-,33+/m1/s1. The SMILES string of the molecule is CCC(=O)N[C@H](Cc1ccc(NC(=O)[C@@H](NC(=O)c2ccnn2CC)C2CCCC2)cc1)C(=O)N1CCN(Cc2ccccc2)CC1. The van der Waals surface area contributed by atoms with Crippen molar-refractivity contribution in [2.24, 2.45) is 5.92 Å². The van der Waals surface area contributed by atoms with E-state index in [0.29, 0.717) is 43.9 Å². The lowest BCUT2D eigenvalue weighted by Gasteiger charge is -2.36. The highest BCUT2D eigenvalue weighted by Crippen LogP contribution is 2.29. The van der Waals surface area contributed by atoms with Crippen LogP contribution in [0.5, 0.6) is 0 Å². The summed E-state index contributed by atoms with van der Waals surface area (Å²) in [5.74, 6) is -0.755. The molecule has 4 amide bonds. The predicted octanol–water partition coefficient (Wildman–Crippen LogP) is 3.61. The summed E-state index contributed by atoms with van der Waals surface area (Å²) in [6, 6.07) is 18.0. The third-order valence-corrected chi connectivity index (χ3v) is 9.24. The first-order valence-electron chi connectivity index (χ1n) is 16.9. The minimum atomic E-state index is -0.679. The van der Waals surface area contributed by atoms with Gasteiger partial charge in [0.1, 0.15) is 17.8 Å². The number of nitrogens with one attached hydrogen (secondary N) is 3. The number of aryl methyl sites for hydroxylation is 1. The molecule has 0 spiro atoms. The molecule has 1 aliphatic carbocycles. The van der Waals surface area contributed by atoms with E-state index in [0.717, 1.165) is 50.9 Å². The predicted molar refractivity (Wildman–Crippen MR) is 180 cm³/mol. The highest BCUT2D eigenvalue weighted by molar-refractivity contribution is 6.00. The maximum absolute atomic E-state index is 13.6. The van der Waals surface area contributed by atoms with Crippen molar-refractivity contribution in [2.75, 3.05) is 31.5 Å². The molecule has 0 bridgehead atoms. The van der Waals surface area contributed by atoms with E-state index in [-0.39, 0.29) is 29.5 Å². The van der Waals surface area contributed by atoms with Crippen LogP contribution in [0.1, 0.15) is 67.6 Å². The van der Waals surface area contributed by atoms with E-state index in [9.17, 15) is 19.2 Å². The molecule has 2 heterocycles. The van der Waals surface area contributed by atoms with Crippen LogP contribution < -0.4 is 16.0 Å². The zero-order valence-corrected chi connectivity index (χ0v) is 27.5. The third kappa shape index (κ3) is 9.06. The van der Waals surface area contributed by atoms with Crippen LogP contribution in [0.25, 0.3) is 0 Å². The van der Waals surface area contributed by atoms with Crippen LogP contribution >= 0.6 is 0 Å². The molecule has 1 aliphatic heterocycles. The van der Waals surface area contributed by atoms with Gasteiger partial charge in [0, 0.05) is 64.0 Å². The number of amides is 4. The first kappa shape index (κ1) is 33.8. The normalized spacial score (nSPS) is 16.8. The van der Waals surface area contributed by atoms with Crippen LogP contribution in [-0.2, 0) is 33.9 Å². The molecule has 1 saturated carbocycles. The molecular weight excluding hydrogens is 594 g/mol. The molecule has 0 radical (unpaired) electrons. The van der Waals surface area contributed by atoms with Gasteiger partial charge < -0.3 is 20.9 Å². The minimum absolute atomic E-state index is 0.0605. The summed E-state index contributed by atoms with van der Waals surface area (Å²) < 4.78 is 1.62. The van der Waals surface area contributed by atoms with Crippen LogP contribution in [0.2, 0.25) is 0 Å². The Morgan fingerprint density at radius 2 is 1.55 bits per heavy atom. The second kappa shape index (κ2) is 16.4. The molecule has 1 saturated heterocycles. The number of carbonyl (C=O) groups is 4. The Bertz CT molecular complexity index is 1490. The number of piperazine rings is 1. The number of nitrogens with zero attached hydrogens (tertiary/aromatic N) is 4. The van der Waals surface area contributed by atoms with Gasteiger partial charge in [-0.1, -0.05) is 62.2 Å². The number of rotatable bonds is 13. The van der Waals surface area contributed by atoms with Crippen molar-refractivity contribution >= 4 is 29.3 Å². The number of hydrogen-bond acceptors (Lipinski definition) is 6. The third-order valence-electron chi connectivity index (χ3n) is 9.24. The van der Waals surface area contributed by atoms with Crippen LogP contribution in [0.15, 0.2) is 66.9 Å². The molecule has 2 fully saturated rings. The average molecular weight is 642 g/mol. The van der Waals surface area contributed by atoms with Crippen molar-refractivity contribution in [1.29, 1.82) is 0 Å². The molecule has 3 aromatic rings. The van der Waals surface area contributed by atoms with Gasteiger partial charge in [-0.25, -0.2) is 0 Å². The molecule has 0 unspecified atom stereocenters. The van der Waals surface area contributed by atoms with Gasteiger partial charge in [0.2, 0.25) is 17.7 Å². The molecule has 3 N–H and O–H groups in total. The van der Waals surface area contributed by atoms with Gasteiger partial charge in [0.25, 0.3) is 5.91 Å². The monoisotopic (exact) mass is 641 g/mol. The number of carbonyl (C=O) groups excluding carboxylic acids is 4. The average Bonchev–Trinajstić information content (AvgIpc) is 3.81. The lowest BCUT2D eigenvalue weighted by Crippen LogP contribution is -2.55. The zero-order chi connectivity index (χ0) is 33.2. The number of aromatic nitrogens is 2. The molecular formula is C36H47N7O4. The van der Waals surface area contributed by atoms with Gasteiger partial charge in [0.15, 0.2) is 0 Å². The second-order valence-electron chi connectivity index (χ2n) is 12.5. The largest absolute Gasteiger partial charge is 0.344 e. The highest BCUT2D eigenvalue weighted by atomic mass is 16.2. The van der Waals surface area contributed by atoms with Gasteiger partial charge in [-0.3, -0.25) is 28.8 Å². The van der Waals surface area contributed by atoms with E-state index in [1.165, 1.54) is 5.56 Å². The van der Waals surface area contributed by atoms with Gasteiger partial charge in [0.05, 0.1) is 0 Å². The van der Waals surface area contributed by atoms with E-state index >= 15 is 0 Å². The van der Waals surface area contributed by atoms with E-state index in [4.69, 9.17) is 0 Å². The molecule has 5 rings (SSSR count). The first-order chi connectivity index (χ1) is 22.8. The zero-order valence-electron chi connectivity index (χ0n) is 27.5. The molecule has 47 heavy (non-hydrogen) atoms. The van der Waals surface area contributed by atoms with Gasteiger partial charge in [-0.2, -0.15) is 5.10 Å². The summed E-state index contributed by atoms with van der Waals surface area (Å²) in [4.78, 5) is 56.9. The van der Waals surface area contributed by atoms with Crippen molar-refractivity contribution in [3.8, 4) is 0 Å². The summed E-state index contributed by atoms with van der Waals surface area (Å²) in [6.45, 7) is 7.85. The molecule has 11 heteroatoms. The van der Waals surface area contributed by atoms with Crippen molar-refractivity contribution in [3.05, 3.63) is 83.7 Å². The molecule has 11 nitrogen and oxygen atoms in total. The summed E-state index contributed by atoms with van der Waals surface area (Å²) in [5.41, 5.74) is 3.15. The Labute approximate surface area is 277 Å². The van der Waals surface area contributed by atoms with E-state index in [1.54, 1.807) is 36.0 Å². The topological polar surface area (TPSA) is 129 Å². The summed E-state index contributed by atoms with van der Waals surface area (Å²) in [7, 11) is 0. The van der Waals surface area contributed by atoms with Crippen LogP contribution in [-0.4, -0.2) is 81.5 Å². The molecule has 2 aliphatic rings. The Kier molecular flexibility index (Phi) is 11.8. The van der Waals surface area contributed by atoms with Gasteiger partial charge >= 0.3 is 0 Å². The Balaban J connectivity index is 1.20. The lowest BCUT2D eigenvalue weighted by molar-refractivity contribution is -0.138. The maximum Gasteiger partial charge on any atom is 0.270 e. The van der Waals surface area contributed by atoms with Crippen molar-refractivity contribution in [1.82, 2.24) is 30.2 Å². The van der Waals surface area contributed by atoms with Crippen LogP contribution in [0.3, 0.4) is 0 Å². The molecule has 250 valence electrons. The number of hydrogen-bond donors (Lipinski definition) is 3. The summed E-state index contributed by atoms with van der Waals surface area (Å²) in [6.07, 6.45) is 6.04. The van der Waals surface area contributed by atoms with Crippen molar-refractivity contribution in [2.45, 2.75) is 77.5 Å². The van der Waals surface area contributed by atoms with E-state index < -0.39 is 12.1 Å². The van der Waals surface area contributed by atoms with E-state index in [1.807, 2.05) is 42.2 Å². The van der Waals surface area contributed by atoms with E-state index in [2.05, 4.69) is 38.1 Å². The van der Waals surface area contributed by atoms with Crippen LogP contribution in [0.4, 0.5) is 5.69 Å². The summed E-state index contributed by atoms with van der Waals surface area (Å²) >= 11 is 0. The minimum Gasteiger partial charge on any atom is -0.344 e. The second-order valence-corrected chi connectivity index (χ2v) is 12.5. The number of anilines is 1. The fraction of sp³-hybridized carbons (Fsp3) is 0.472. The quantitative estimate of drug-likeness (QED) is 0.262. The molecule has 2 aromatic carbocycles.